The van der Waals surface area contributed by atoms with E-state index in [-0.39, 0.29) is 5.56 Å². The Morgan fingerprint density at radius 2 is 2.25 bits per heavy atom. The van der Waals surface area contributed by atoms with Gasteiger partial charge in [0, 0.05) is 11.6 Å². The first-order valence-corrected chi connectivity index (χ1v) is 4.16. The quantitative estimate of drug-likeness (QED) is 0.481. The largest absolute Gasteiger partial charge is 0.502 e. The molecule has 0 saturated carbocycles. The van der Waals surface area contributed by atoms with Gasteiger partial charge in [0.05, 0.1) is 12.0 Å². The van der Waals surface area contributed by atoms with Crippen molar-refractivity contribution in [2.75, 3.05) is 7.11 Å². The first kappa shape index (κ1) is 11.9. The predicted octanol–water partition coefficient (Wildman–Crippen LogP) is 1.48. The van der Waals surface area contributed by atoms with E-state index < -0.39 is 28.5 Å². The Kier molecular flexibility index (Phi) is 3.39. The fraction of sp³-hybridized carbons (Fsp3) is 0.222. The minimum absolute atomic E-state index is 0.199. The van der Waals surface area contributed by atoms with Gasteiger partial charge < -0.3 is 9.84 Å². The monoisotopic (exact) mass is 229 g/mol. The molecule has 1 aromatic carbocycles. The summed E-state index contributed by atoms with van der Waals surface area (Å²) in [5.74, 6) is -1.83. The van der Waals surface area contributed by atoms with Gasteiger partial charge in [0.25, 0.3) is 0 Å². The average molecular weight is 229 g/mol. The first-order valence-electron chi connectivity index (χ1n) is 4.16. The van der Waals surface area contributed by atoms with E-state index in [4.69, 9.17) is 0 Å². The summed E-state index contributed by atoms with van der Waals surface area (Å²) >= 11 is 0. The van der Waals surface area contributed by atoms with Crippen molar-refractivity contribution in [3.8, 4) is 5.75 Å². The molecule has 0 aromatic heterocycles. The van der Waals surface area contributed by atoms with Crippen LogP contribution in [0.5, 0.6) is 5.75 Å². The molecule has 6 nitrogen and oxygen atoms in total. The highest BCUT2D eigenvalue weighted by Crippen LogP contribution is 2.30. The summed E-state index contributed by atoms with van der Waals surface area (Å²) in [4.78, 5) is 20.4. The fourth-order valence-electron chi connectivity index (χ4n) is 1.09. The second-order valence-corrected chi connectivity index (χ2v) is 2.89. The van der Waals surface area contributed by atoms with Crippen LogP contribution in [-0.4, -0.2) is 23.1 Å². The molecule has 0 aliphatic carbocycles. The first-order chi connectivity index (χ1) is 7.47. The molecule has 0 heterocycles. The third-order valence-corrected chi connectivity index (χ3v) is 1.90. The number of benzene rings is 1. The minimum atomic E-state index is -2.07. The van der Waals surface area contributed by atoms with Gasteiger partial charge in [-0.3, -0.25) is 10.1 Å². The number of phenols is 1. The van der Waals surface area contributed by atoms with E-state index in [0.29, 0.717) is 0 Å². The number of halogens is 1. The number of aromatic hydroxyl groups is 1. The van der Waals surface area contributed by atoms with Crippen molar-refractivity contribution in [1.82, 2.24) is 0 Å². The second kappa shape index (κ2) is 4.56. The molecule has 1 atom stereocenters. The van der Waals surface area contributed by atoms with Crippen molar-refractivity contribution in [3.05, 3.63) is 33.9 Å². The van der Waals surface area contributed by atoms with Gasteiger partial charge in [0.2, 0.25) is 6.17 Å². The van der Waals surface area contributed by atoms with Crippen LogP contribution in [0.4, 0.5) is 10.1 Å². The number of phenolic OH excluding ortho intramolecular Hbond substituents is 1. The molecule has 0 saturated heterocycles. The number of nitro benzene ring substituents is 1. The summed E-state index contributed by atoms with van der Waals surface area (Å²) in [5.41, 5.74) is -0.754. The summed E-state index contributed by atoms with van der Waals surface area (Å²) < 4.78 is 17.4. The molecule has 0 spiro atoms. The van der Waals surface area contributed by atoms with E-state index in [1.165, 1.54) is 0 Å². The van der Waals surface area contributed by atoms with Crippen LogP contribution in [0, 0.1) is 10.1 Å². The predicted molar refractivity (Wildman–Crippen MR) is 50.6 cm³/mol. The van der Waals surface area contributed by atoms with Crippen LogP contribution in [0.25, 0.3) is 0 Å². The Labute approximate surface area is 89.4 Å². The van der Waals surface area contributed by atoms with Gasteiger partial charge in [-0.25, -0.2) is 9.18 Å². The van der Waals surface area contributed by atoms with Crippen molar-refractivity contribution in [2.45, 2.75) is 6.17 Å². The smallest absolute Gasteiger partial charge is 0.345 e. The lowest BCUT2D eigenvalue weighted by Crippen LogP contribution is -2.09. The highest BCUT2D eigenvalue weighted by Gasteiger charge is 2.23. The van der Waals surface area contributed by atoms with Crippen LogP contribution < -0.4 is 0 Å². The summed E-state index contributed by atoms with van der Waals surface area (Å²) in [6, 6.07) is 2.78. The summed E-state index contributed by atoms with van der Waals surface area (Å²) in [5, 5.41) is 19.6. The van der Waals surface area contributed by atoms with Crippen LogP contribution in [0.15, 0.2) is 18.2 Å². The number of ether oxygens (including phenoxy) is 1. The van der Waals surface area contributed by atoms with Gasteiger partial charge in [-0.1, -0.05) is 0 Å². The Hall–Kier alpha value is -2.18. The van der Waals surface area contributed by atoms with Crippen molar-refractivity contribution in [3.63, 3.8) is 0 Å². The number of carbonyl (C=O) groups is 1. The Morgan fingerprint density at radius 3 is 2.69 bits per heavy atom. The number of nitrogens with zero attached hydrogens (tertiary/aromatic N) is 1. The Balaban J connectivity index is 3.06. The van der Waals surface area contributed by atoms with E-state index in [1.807, 2.05) is 0 Å². The lowest BCUT2D eigenvalue weighted by Gasteiger charge is -2.06. The summed E-state index contributed by atoms with van der Waals surface area (Å²) in [6.07, 6.45) is -2.07. The average Bonchev–Trinajstić information content (AvgIpc) is 2.26. The van der Waals surface area contributed by atoms with E-state index in [9.17, 15) is 24.4 Å². The zero-order valence-electron chi connectivity index (χ0n) is 8.21. The number of rotatable bonds is 3. The molecule has 86 valence electrons. The number of hydrogen-bond acceptors (Lipinski definition) is 5. The third-order valence-electron chi connectivity index (χ3n) is 1.90. The van der Waals surface area contributed by atoms with Gasteiger partial charge in [-0.05, 0) is 12.1 Å². The maximum absolute atomic E-state index is 13.3. The molecular weight excluding hydrogens is 221 g/mol. The third kappa shape index (κ3) is 2.25. The van der Waals surface area contributed by atoms with Gasteiger partial charge >= 0.3 is 11.7 Å². The maximum atomic E-state index is 13.3. The molecule has 0 amide bonds. The highest BCUT2D eigenvalue weighted by atomic mass is 19.1. The normalized spacial score (nSPS) is 11.9. The molecule has 0 aliphatic rings. The van der Waals surface area contributed by atoms with Crippen LogP contribution in [0.3, 0.4) is 0 Å². The fourth-order valence-corrected chi connectivity index (χ4v) is 1.09. The molecule has 1 unspecified atom stereocenters. The zero-order valence-corrected chi connectivity index (χ0v) is 8.21. The van der Waals surface area contributed by atoms with Crippen molar-refractivity contribution < 1.29 is 24.0 Å². The molecule has 7 heteroatoms. The Morgan fingerprint density at radius 1 is 1.62 bits per heavy atom. The molecule has 1 aromatic rings. The lowest BCUT2D eigenvalue weighted by molar-refractivity contribution is -0.385. The maximum Gasteiger partial charge on any atom is 0.345 e. The van der Waals surface area contributed by atoms with Crippen LogP contribution >= 0.6 is 0 Å². The summed E-state index contributed by atoms with van der Waals surface area (Å²) in [7, 11) is 1.01. The van der Waals surface area contributed by atoms with Gasteiger partial charge in [0.1, 0.15) is 0 Å². The zero-order chi connectivity index (χ0) is 12.3. The molecule has 16 heavy (non-hydrogen) atoms. The molecular formula is C9H8FNO5. The molecule has 1 rings (SSSR count). The Bertz CT molecular complexity index is 434. The van der Waals surface area contributed by atoms with E-state index in [0.717, 1.165) is 25.3 Å². The minimum Gasteiger partial charge on any atom is -0.502 e. The number of esters is 1. The second-order valence-electron chi connectivity index (χ2n) is 2.89. The molecule has 0 radical (unpaired) electrons. The van der Waals surface area contributed by atoms with Crippen molar-refractivity contribution in [2.24, 2.45) is 0 Å². The topological polar surface area (TPSA) is 89.7 Å². The van der Waals surface area contributed by atoms with Crippen LogP contribution in [-0.2, 0) is 9.53 Å². The molecule has 0 bridgehead atoms. The highest BCUT2D eigenvalue weighted by molar-refractivity contribution is 5.76. The number of alkyl halides is 1. The van der Waals surface area contributed by atoms with Crippen LogP contribution in [0.1, 0.15) is 11.7 Å². The van der Waals surface area contributed by atoms with Crippen molar-refractivity contribution in [1.29, 1.82) is 0 Å². The van der Waals surface area contributed by atoms with Gasteiger partial charge in [-0.2, -0.15) is 0 Å². The SMILES string of the molecule is COC(=O)C(F)c1ccc([N+](=O)[O-])c(O)c1. The van der Waals surface area contributed by atoms with E-state index >= 15 is 0 Å². The number of hydrogen-bond donors (Lipinski definition) is 1. The molecule has 0 aliphatic heterocycles. The number of carbonyl (C=O) groups excluding carboxylic acids is 1. The van der Waals surface area contributed by atoms with Gasteiger partial charge in [-0.15, -0.1) is 0 Å². The molecule has 0 fully saturated rings. The number of nitro groups is 1. The summed E-state index contributed by atoms with van der Waals surface area (Å²) in [6.45, 7) is 0. The van der Waals surface area contributed by atoms with Gasteiger partial charge in [0.15, 0.2) is 5.75 Å². The van der Waals surface area contributed by atoms with Crippen LogP contribution in [0.2, 0.25) is 0 Å². The van der Waals surface area contributed by atoms with E-state index in [2.05, 4.69) is 4.74 Å². The number of methoxy groups -OCH3 is 1. The lowest BCUT2D eigenvalue weighted by atomic mass is 10.1. The molecule has 1 N–H and O–H groups in total. The standard InChI is InChI=1S/C9H8FNO5/c1-16-9(13)8(10)5-2-3-6(11(14)15)7(12)4-5/h2-4,8,12H,1H3. The van der Waals surface area contributed by atoms with E-state index in [1.54, 1.807) is 0 Å². The van der Waals surface area contributed by atoms with Crippen molar-refractivity contribution >= 4 is 11.7 Å².